The fourth-order valence-electron chi connectivity index (χ4n) is 1.35. The van der Waals surface area contributed by atoms with Crippen LogP contribution >= 0.6 is 15.9 Å². The first-order valence-electron chi connectivity index (χ1n) is 5.27. The van der Waals surface area contributed by atoms with E-state index in [1.807, 2.05) is 0 Å². The monoisotopic (exact) mass is 362 g/mol. The van der Waals surface area contributed by atoms with Crippen molar-refractivity contribution in [1.29, 1.82) is 0 Å². The van der Waals surface area contributed by atoms with Gasteiger partial charge in [0.15, 0.2) is 0 Å². The minimum atomic E-state index is -1.95. The fourth-order valence-corrected chi connectivity index (χ4v) is 3.11. The zero-order valence-corrected chi connectivity index (χ0v) is 12.7. The Balaban J connectivity index is 3.14. The lowest BCUT2D eigenvalue weighted by Crippen LogP contribution is -2.42. The standard InChI is InChI=1S/C11H11BrN2O5S/c1-5(9(15)14-11(13)18)20(19)8-4-6(12)2-3-7(8)10(16)17/h2-5H,1H3,(H,16,17)(H3,13,14,15,18). The molecular weight excluding hydrogens is 352 g/mol. The van der Waals surface area contributed by atoms with Gasteiger partial charge in [0.1, 0.15) is 5.25 Å². The summed E-state index contributed by atoms with van der Waals surface area (Å²) in [6, 6.07) is 3.05. The first-order chi connectivity index (χ1) is 9.23. The molecule has 1 aromatic rings. The van der Waals surface area contributed by atoms with Gasteiger partial charge in [0.05, 0.1) is 21.3 Å². The number of benzene rings is 1. The maximum Gasteiger partial charge on any atom is 0.336 e. The average molecular weight is 363 g/mol. The molecule has 0 bridgehead atoms. The molecular formula is C11H11BrN2O5S. The number of hydrogen-bond donors (Lipinski definition) is 3. The number of carbonyl (C=O) groups is 3. The highest BCUT2D eigenvalue weighted by Crippen LogP contribution is 2.22. The van der Waals surface area contributed by atoms with E-state index < -0.39 is 34.0 Å². The summed E-state index contributed by atoms with van der Waals surface area (Å²) in [5.41, 5.74) is 4.63. The third-order valence-corrected chi connectivity index (χ3v) is 4.45. The van der Waals surface area contributed by atoms with Gasteiger partial charge in [0, 0.05) is 4.47 Å². The Morgan fingerprint density at radius 1 is 1.40 bits per heavy atom. The Morgan fingerprint density at radius 2 is 2.00 bits per heavy atom. The maximum atomic E-state index is 12.3. The first kappa shape index (κ1) is 16.3. The van der Waals surface area contributed by atoms with Crippen molar-refractivity contribution in [2.75, 3.05) is 0 Å². The fraction of sp³-hybridized carbons (Fsp3) is 0.182. The van der Waals surface area contributed by atoms with E-state index in [0.717, 1.165) is 0 Å². The number of halogens is 1. The molecule has 0 spiro atoms. The van der Waals surface area contributed by atoms with Gasteiger partial charge in [0.25, 0.3) is 0 Å². The number of carboxylic acid groups (broad SMARTS) is 1. The van der Waals surface area contributed by atoms with Gasteiger partial charge >= 0.3 is 12.0 Å². The normalized spacial score (nSPS) is 13.3. The summed E-state index contributed by atoms with van der Waals surface area (Å²) in [7, 11) is -1.95. The number of aromatic carboxylic acids is 1. The Hall–Kier alpha value is -1.74. The molecule has 0 aromatic heterocycles. The molecule has 2 unspecified atom stereocenters. The van der Waals surface area contributed by atoms with Gasteiger partial charge in [-0.1, -0.05) is 15.9 Å². The Kier molecular flexibility index (Phi) is 5.40. The summed E-state index contributed by atoms with van der Waals surface area (Å²) >= 11 is 3.14. The predicted molar refractivity (Wildman–Crippen MR) is 74.7 cm³/mol. The van der Waals surface area contributed by atoms with Crippen LogP contribution in [0, 0.1) is 0 Å². The summed E-state index contributed by atoms with van der Waals surface area (Å²) < 4.78 is 12.8. The molecule has 108 valence electrons. The van der Waals surface area contributed by atoms with Crippen LogP contribution in [0.5, 0.6) is 0 Å². The third kappa shape index (κ3) is 3.87. The summed E-state index contributed by atoms with van der Waals surface area (Å²) in [6.45, 7) is 1.31. The van der Waals surface area contributed by atoms with Crippen molar-refractivity contribution in [3.63, 3.8) is 0 Å². The van der Waals surface area contributed by atoms with Crippen molar-refractivity contribution in [2.45, 2.75) is 17.1 Å². The Morgan fingerprint density at radius 3 is 2.50 bits per heavy atom. The highest BCUT2D eigenvalue weighted by molar-refractivity contribution is 9.10. The molecule has 1 aromatic carbocycles. The van der Waals surface area contributed by atoms with Crippen molar-refractivity contribution in [3.8, 4) is 0 Å². The van der Waals surface area contributed by atoms with Gasteiger partial charge in [-0.05, 0) is 25.1 Å². The lowest BCUT2D eigenvalue weighted by atomic mass is 10.2. The van der Waals surface area contributed by atoms with Crippen molar-refractivity contribution in [3.05, 3.63) is 28.2 Å². The molecule has 0 aliphatic heterocycles. The highest BCUT2D eigenvalue weighted by atomic mass is 79.9. The smallest absolute Gasteiger partial charge is 0.336 e. The van der Waals surface area contributed by atoms with Gasteiger partial charge < -0.3 is 10.8 Å². The number of nitrogens with two attached hydrogens (primary N) is 1. The second kappa shape index (κ2) is 6.62. The number of carboxylic acids is 1. The molecule has 1 rings (SSSR count). The molecule has 0 radical (unpaired) electrons. The Labute approximate surface area is 125 Å². The van der Waals surface area contributed by atoms with Crippen LogP contribution < -0.4 is 11.1 Å². The molecule has 2 atom stereocenters. The van der Waals surface area contributed by atoms with E-state index in [-0.39, 0.29) is 10.5 Å². The van der Waals surface area contributed by atoms with Crippen molar-refractivity contribution >= 4 is 44.6 Å². The number of carbonyl (C=O) groups excluding carboxylic acids is 2. The van der Waals surface area contributed by atoms with E-state index in [1.54, 1.807) is 5.32 Å². The van der Waals surface area contributed by atoms with E-state index in [9.17, 15) is 18.6 Å². The van der Waals surface area contributed by atoms with E-state index >= 15 is 0 Å². The molecule has 20 heavy (non-hydrogen) atoms. The number of primary amides is 1. The van der Waals surface area contributed by atoms with Gasteiger partial charge in [-0.25, -0.2) is 9.59 Å². The van der Waals surface area contributed by atoms with Crippen molar-refractivity contribution in [1.82, 2.24) is 5.32 Å². The SMILES string of the molecule is CC(C(=O)NC(N)=O)S(=O)c1cc(Br)ccc1C(=O)O. The predicted octanol–water partition coefficient (Wildman–Crippen LogP) is 0.838. The van der Waals surface area contributed by atoms with Crippen LogP contribution in [0.25, 0.3) is 0 Å². The molecule has 7 nitrogen and oxygen atoms in total. The summed E-state index contributed by atoms with van der Waals surface area (Å²) in [4.78, 5) is 33.2. The van der Waals surface area contributed by atoms with Gasteiger partial charge in [0.2, 0.25) is 5.91 Å². The van der Waals surface area contributed by atoms with Crippen LogP contribution in [0.2, 0.25) is 0 Å². The number of nitrogens with one attached hydrogen (secondary N) is 1. The molecule has 0 saturated heterocycles. The van der Waals surface area contributed by atoms with Crippen LogP contribution in [-0.2, 0) is 15.6 Å². The van der Waals surface area contributed by atoms with Crippen LogP contribution in [0.4, 0.5) is 4.79 Å². The van der Waals surface area contributed by atoms with Gasteiger partial charge in [-0.2, -0.15) is 0 Å². The molecule has 3 amide bonds. The average Bonchev–Trinajstić information content (AvgIpc) is 2.35. The van der Waals surface area contributed by atoms with Crippen molar-refractivity contribution < 1.29 is 23.7 Å². The molecule has 9 heteroatoms. The summed E-state index contributed by atoms with van der Waals surface area (Å²) in [6.07, 6.45) is 0. The number of hydrogen-bond acceptors (Lipinski definition) is 4. The van der Waals surface area contributed by atoms with Crippen LogP contribution in [0.15, 0.2) is 27.6 Å². The molecule has 0 aliphatic carbocycles. The van der Waals surface area contributed by atoms with E-state index in [4.69, 9.17) is 10.8 Å². The number of imide groups is 1. The molecule has 0 heterocycles. The number of urea groups is 1. The molecule has 0 fully saturated rings. The number of rotatable bonds is 4. The maximum absolute atomic E-state index is 12.3. The van der Waals surface area contributed by atoms with Crippen LogP contribution in [0.1, 0.15) is 17.3 Å². The van der Waals surface area contributed by atoms with Crippen LogP contribution in [-0.4, -0.2) is 32.5 Å². The zero-order chi connectivity index (χ0) is 15.4. The second-order valence-corrected chi connectivity index (χ2v) is 6.40. The first-order valence-corrected chi connectivity index (χ1v) is 7.28. The number of amides is 3. The van der Waals surface area contributed by atoms with Crippen molar-refractivity contribution in [2.24, 2.45) is 5.73 Å². The van der Waals surface area contributed by atoms with E-state index in [0.29, 0.717) is 4.47 Å². The highest BCUT2D eigenvalue weighted by Gasteiger charge is 2.26. The lowest BCUT2D eigenvalue weighted by Gasteiger charge is -2.12. The van der Waals surface area contributed by atoms with Gasteiger partial charge in [-0.15, -0.1) is 0 Å². The Bertz CT molecular complexity index is 604. The molecule has 0 aliphatic rings. The topological polar surface area (TPSA) is 127 Å². The summed E-state index contributed by atoms with van der Waals surface area (Å²) in [5, 5.41) is 9.72. The summed E-state index contributed by atoms with van der Waals surface area (Å²) in [5.74, 6) is -2.10. The lowest BCUT2D eigenvalue weighted by molar-refractivity contribution is -0.119. The van der Waals surface area contributed by atoms with E-state index in [2.05, 4.69) is 15.9 Å². The largest absolute Gasteiger partial charge is 0.478 e. The quantitative estimate of drug-likeness (QED) is 0.731. The minimum absolute atomic E-state index is 0.0148. The minimum Gasteiger partial charge on any atom is -0.478 e. The zero-order valence-electron chi connectivity index (χ0n) is 10.3. The third-order valence-electron chi connectivity index (χ3n) is 2.33. The van der Waals surface area contributed by atoms with Crippen LogP contribution in [0.3, 0.4) is 0 Å². The molecule has 0 saturated carbocycles. The van der Waals surface area contributed by atoms with Gasteiger partial charge in [-0.3, -0.25) is 14.3 Å². The van der Waals surface area contributed by atoms with E-state index in [1.165, 1.54) is 25.1 Å². The molecule has 4 N–H and O–H groups in total. The second-order valence-electron chi connectivity index (χ2n) is 3.74.